The monoisotopic (exact) mass is 937 g/mol. The summed E-state index contributed by atoms with van der Waals surface area (Å²) in [4.78, 5) is 16.8. The molecule has 0 saturated carbocycles. The second kappa shape index (κ2) is 11.0. The fourth-order valence-electron chi connectivity index (χ4n) is 2.86. The number of carbonyl (C=O) groups is 1. The average molecular weight is 938 g/mol. The summed E-state index contributed by atoms with van der Waals surface area (Å²) in [6.45, 7) is 0.495. The van der Waals surface area contributed by atoms with Crippen molar-refractivity contribution in [3.63, 3.8) is 0 Å². The van der Waals surface area contributed by atoms with Crippen molar-refractivity contribution in [2.24, 2.45) is 4.99 Å². The van der Waals surface area contributed by atoms with Crippen molar-refractivity contribution in [3.05, 3.63) is 95.7 Å². The lowest BCUT2D eigenvalue weighted by Gasteiger charge is -2.11. The third-order valence-electron chi connectivity index (χ3n) is 4.41. The Kier molecular flexibility index (Phi) is 8.53. The van der Waals surface area contributed by atoms with Crippen LogP contribution in [0.4, 0.5) is 0 Å². The predicted molar refractivity (Wildman–Crippen MR) is 163 cm³/mol. The number of cyclic esters (lactones) is 1. The molecule has 0 atom stereocenters. The van der Waals surface area contributed by atoms with Crippen molar-refractivity contribution >= 4 is 124 Å². The molecule has 4 nitrogen and oxygen atoms in total. The maximum atomic E-state index is 12.4. The molecule has 0 fully saturated rings. The molecule has 3 aromatic carbocycles. The molecule has 0 aromatic heterocycles. The Labute approximate surface area is 248 Å². The topological polar surface area (TPSA) is 47.9 Å². The van der Waals surface area contributed by atoms with Crippen LogP contribution in [0.3, 0.4) is 0 Å². The van der Waals surface area contributed by atoms with E-state index in [1.807, 2.05) is 30.3 Å². The number of hydrogen-bond acceptors (Lipinski definition) is 4. The number of benzene rings is 3. The van der Waals surface area contributed by atoms with Gasteiger partial charge in [-0.05, 0) is 166 Å². The van der Waals surface area contributed by atoms with Crippen LogP contribution < -0.4 is 4.74 Å². The quantitative estimate of drug-likeness (QED) is 0.149. The number of rotatable bonds is 5. The van der Waals surface area contributed by atoms with E-state index in [1.54, 1.807) is 6.08 Å². The highest BCUT2D eigenvalue weighted by atomic mass is 127. The number of esters is 1. The maximum absolute atomic E-state index is 12.4. The number of carbonyl (C=O) groups excluding carboxylic acids is 1. The van der Waals surface area contributed by atoms with Crippen LogP contribution in [-0.4, -0.2) is 11.9 Å². The molecule has 1 heterocycles. The van der Waals surface area contributed by atoms with Gasteiger partial charge in [0.05, 0.1) is 7.14 Å². The highest BCUT2D eigenvalue weighted by molar-refractivity contribution is 14.1. The normalized spacial score (nSPS) is 14.5. The summed E-state index contributed by atoms with van der Waals surface area (Å²) < 4.78 is 16.6. The summed E-state index contributed by atoms with van der Waals surface area (Å²) >= 11 is 12.5. The molecule has 0 saturated heterocycles. The molecule has 0 unspecified atom stereocenters. The average Bonchev–Trinajstić information content (AvgIpc) is 3.11. The van der Waals surface area contributed by atoms with Gasteiger partial charge in [0.15, 0.2) is 5.70 Å². The minimum absolute atomic E-state index is 0.272. The van der Waals surface area contributed by atoms with Gasteiger partial charge >= 0.3 is 5.97 Å². The van der Waals surface area contributed by atoms with Crippen molar-refractivity contribution in [3.8, 4) is 5.75 Å². The van der Waals surface area contributed by atoms with Gasteiger partial charge in [-0.25, -0.2) is 9.79 Å². The molecular weight excluding hydrogens is 926 g/mol. The van der Waals surface area contributed by atoms with Crippen LogP contribution in [0.1, 0.15) is 16.7 Å². The highest BCUT2D eigenvalue weighted by Crippen LogP contribution is 2.31. The van der Waals surface area contributed by atoms with Gasteiger partial charge in [-0.15, -0.1) is 0 Å². The third-order valence-corrected chi connectivity index (χ3v) is 9.07. The largest absolute Gasteiger partial charge is 0.487 e. The van der Waals surface area contributed by atoms with Gasteiger partial charge in [-0.1, -0.05) is 12.1 Å². The van der Waals surface area contributed by atoms with Crippen LogP contribution in [-0.2, 0) is 16.1 Å². The van der Waals surface area contributed by atoms with Crippen LogP contribution in [0, 0.1) is 14.3 Å². The minimum atomic E-state index is -0.460. The molecule has 162 valence electrons. The molecule has 0 spiro atoms. The molecule has 0 amide bonds. The summed E-state index contributed by atoms with van der Waals surface area (Å²) in [5, 5.41) is 0. The molecule has 1 aliphatic rings. The molecule has 0 N–H and O–H groups in total. The van der Waals surface area contributed by atoms with E-state index in [4.69, 9.17) is 9.47 Å². The van der Waals surface area contributed by atoms with Crippen LogP contribution in [0.25, 0.3) is 6.08 Å². The Bertz CT molecular complexity index is 1250. The summed E-state index contributed by atoms with van der Waals surface area (Å²) in [5.41, 5.74) is 2.99. The number of nitrogens with zero attached hydrogens (tertiary/aromatic N) is 1. The van der Waals surface area contributed by atoms with Crippen molar-refractivity contribution in [1.82, 2.24) is 0 Å². The van der Waals surface area contributed by atoms with Crippen molar-refractivity contribution < 1.29 is 14.3 Å². The lowest BCUT2D eigenvalue weighted by atomic mass is 10.2. The summed E-state index contributed by atoms with van der Waals surface area (Å²) in [5.74, 6) is 0.674. The van der Waals surface area contributed by atoms with Gasteiger partial charge in [-0.3, -0.25) is 0 Å². The third kappa shape index (κ3) is 6.05. The van der Waals surface area contributed by atoms with Crippen LogP contribution in [0.15, 0.2) is 69.8 Å². The second-order valence-corrected chi connectivity index (χ2v) is 12.3. The van der Waals surface area contributed by atoms with Crippen molar-refractivity contribution in [2.45, 2.75) is 6.61 Å². The van der Waals surface area contributed by atoms with E-state index in [0.717, 1.165) is 37.6 Å². The molecule has 0 radical (unpaired) electrons. The molecule has 3 aromatic rings. The summed E-state index contributed by atoms with van der Waals surface area (Å²) in [7, 11) is 0. The second-order valence-electron chi connectivity index (χ2n) is 6.69. The van der Waals surface area contributed by atoms with Gasteiger partial charge in [0.1, 0.15) is 12.4 Å². The number of aliphatic imine (C=N–C) groups is 1. The van der Waals surface area contributed by atoms with Crippen LogP contribution >= 0.6 is 106 Å². The van der Waals surface area contributed by atoms with Crippen LogP contribution in [0.5, 0.6) is 5.75 Å². The standard InChI is InChI=1S/C23H12BrI4NO3/c24-16-10-14(3-6-17(16)26)22-29-20(23(30)32-22)9-13-7-18(27)21(19(28)8-13)31-11-12-1-4-15(25)5-2-12/h1-10H,11H2/b20-9-. The first-order chi connectivity index (χ1) is 15.3. The first-order valence-corrected chi connectivity index (χ1v) is 14.3. The molecular formula is C23H12BrI4NO3. The van der Waals surface area contributed by atoms with Gasteiger partial charge in [0.2, 0.25) is 5.90 Å². The molecule has 0 bridgehead atoms. The van der Waals surface area contributed by atoms with Crippen molar-refractivity contribution in [1.29, 1.82) is 0 Å². The van der Waals surface area contributed by atoms with E-state index in [2.05, 4.69) is 136 Å². The number of halogens is 5. The van der Waals surface area contributed by atoms with E-state index >= 15 is 0 Å². The summed E-state index contributed by atoms with van der Waals surface area (Å²) in [6.07, 6.45) is 1.74. The molecule has 0 aliphatic carbocycles. The Morgan fingerprint density at radius 3 is 2.28 bits per heavy atom. The lowest BCUT2D eigenvalue weighted by molar-refractivity contribution is -0.129. The fraction of sp³-hybridized carbons (Fsp3) is 0.0435. The van der Waals surface area contributed by atoms with E-state index in [-0.39, 0.29) is 5.70 Å². The first kappa shape index (κ1) is 24.9. The van der Waals surface area contributed by atoms with E-state index in [1.165, 1.54) is 3.57 Å². The predicted octanol–water partition coefficient (Wildman–Crippen LogP) is 7.79. The summed E-state index contributed by atoms with van der Waals surface area (Å²) in [6, 6.07) is 17.9. The maximum Gasteiger partial charge on any atom is 0.363 e. The zero-order valence-electron chi connectivity index (χ0n) is 16.0. The van der Waals surface area contributed by atoms with Gasteiger partial charge in [0.25, 0.3) is 0 Å². The SMILES string of the molecule is O=C1OC(c2ccc(I)c(Br)c2)=N/C1=C\c1cc(I)c(OCc2ccc(I)cc2)c(I)c1. The Balaban J connectivity index is 1.55. The molecule has 32 heavy (non-hydrogen) atoms. The van der Waals surface area contributed by atoms with Gasteiger partial charge in [0, 0.05) is 17.2 Å². The van der Waals surface area contributed by atoms with E-state index < -0.39 is 5.97 Å². The van der Waals surface area contributed by atoms with Crippen LogP contribution in [0.2, 0.25) is 0 Å². The van der Waals surface area contributed by atoms with E-state index in [0.29, 0.717) is 12.5 Å². The molecule has 4 rings (SSSR count). The van der Waals surface area contributed by atoms with Crippen molar-refractivity contribution in [2.75, 3.05) is 0 Å². The zero-order valence-corrected chi connectivity index (χ0v) is 26.3. The Hall–Kier alpha value is -0.260. The Morgan fingerprint density at radius 2 is 1.62 bits per heavy atom. The van der Waals surface area contributed by atoms with Gasteiger partial charge < -0.3 is 9.47 Å². The first-order valence-electron chi connectivity index (χ1n) is 9.14. The lowest BCUT2D eigenvalue weighted by Crippen LogP contribution is -2.05. The van der Waals surface area contributed by atoms with Gasteiger partial charge in [-0.2, -0.15) is 0 Å². The molecule has 1 aliphatic heterocycles. The number of hydrogen-bond donors (Lipinski definition) is 0. The van der Waals surface area contributed by atoms with E-state index in [9.17, 15) is 4.79 Å². The Morgan fingerprint density at radius 1 is 0.938 bits per heavy atom. The highest BCUT2D eigenvalue weighted by Gasteiger charge is 2.24. The fourth-order valence-corrected chi connectivity index (χ4v) is 6.06. The molecule has 9 heteroatoms. The number of ether oxygens (including phenoxy) is 2. The zero-order chi connectivity index (χ0) is 22.8. The minimum Gasteiger partial charge on any atom is -0.487 e. The smallest absolute Gasteiger partial charge is 0.363 e.